The van der Waals surface area contributed by atoms with Crippen molar-refractivity contribution >= 4 is 0 Å². The molecule has 17 heavy (non-hydrogen) atoms. The van der Waals surface area contributed by atoms with Crippen molar-refractivity contribution in [3.05, 3.63) is 35.1 Å². The Hall–Kier alpha value is -0.970. The van der Waals surface area contributed by atoms with E-state index < -0.39 is 0 Å². The lowest BCUT2D eigenvalue weighted by molar-refractivity contribution is -0.954. The van der Waals surface area contributed by atoms with Crippen molar-refractivity contribution in [1.82, 2.24) is 0 Å². The highest BCUT2D eigenvalue weighted by molar-refractivity contribution is 5.30. The Morgan fingerprint density at radius 3 is 2.94 bits per heavy atom. The third-order valence-electron chi connectivity index (χ3n) is 3.88. The van der Waals surface area contributed by atoms with Crippen LogP contribution in [0.4, 0.5) is 4.39 Å². The molecule has 3 nitrogen and oxygen atoms in total. The summed E-state index contributed by atoms with van der Waals surface area (Å²) in [7, 11) is 0. The first-order valence-corrected chi connectivity index (χ1v) is 6.37. The zero-order chi connectivity index (χ0) is 11.7. The molecule has 0 unspecified atom stereocenters. The zero-order valence-electron chi connectivity index (χ0n) is 9.92. The van der Waals surface area contributed by atoms with E-state index in [1.807, 2.05) is 6.07 Å². The van der Waals surface area contributed by atoms with Crippen molar-refractivity contribution < 1.29 is 19.3 Å². The Bertz CT molecular complexity index is 404. The summed E-state index contributed by atoms with van der Waals surface area (Å²) in [4.78, 5) is 1.54. The number of fused-ring (bicyclic) bond motifs is 1. The lowest BCUT2D eigenvalue weighted by Gasteiger charge is -2.33. The number of morpholine rings is 1. The van der Waals surface area contributed by atoms with Crippen LogP contribution < -0.4 is 10.2 Å². The van der Waals surface area contributed by atoms with Crippen molar-refractivity contribution in [2.45, 2.75) is 12.6 Å². The lowest BCUT2D eigenvalue weighted by atomic mass is 9.95. The van der Waals surface area contributed by atoms with Gasteiger partial charge in [-0.25, -0.2) is 4.39 Å². The fourth-order valence-electron chi connectivity index (χ4n) is 2.98. The van der Waals surface area contributed by atoms with Crippen LogP contribution in [0.1, 0.15) is 17.2 Å². The van der Waals surface area contributed by atoms with Gasteiger partial charge in [-0.05, 0) is 18.2 Å². The monoisotopic (exact) mass is 238 g/mol. The van der Waals surface area contributed by atoms with Crippen molar-refractivity contribution in [3.63, 3.8) is 0 Å². The van der Waals surface area contributed by atoms with E-state index in [0.29, 0.717) is 6.04 Å². The van der Waals surface area contributed by atoms with Crippen molar-refractivity contribution in [1.29, 1.82) is 0 Å². The number of rotatable bonds is 1. The SMILES string of the molecule is Fc1ccc2c(c1)[C@@H]([NH+]1CCOCC1)C[NH2+]C2. The molecule has 4 heteroatoms. The van der Waals surface area contributed by atoms with Gasteiger partial charge in [0.2, 0.25) is 0 Å². The Balaban J connectivity index is 1.89. The van der Waals surface area contributed by atoms with Crippen LogP contribution in [0, 0.1) is 5.82 Å². The van der Waals surface area contributed by atoms with E-state index in [1.165, 1.54) is 11.1 Å². The van der Waals surface area contributed by atoms with Crippen LogP contribution in [0.25, 0.3) is 0 Å². The minimum atomic E-state index is -0.108. The predicted molar refractivity (Wildman–Crippen MR) is 61.2 cm³/mol. The summed E-state index contributed by atoms with van der Waals surface area (Å²) >= 11 is 0. The first-order chi connectivity index (χ1) is 8.34. The number of hydrogen-bond acceptors (Lipinski definition) is 1. The summed E-state index contributed by atoms with van der Waals surface area (Å²) in [6.07, 6.45) is 0. The van der Waals surface area contributed by atoms with Crippen molar-refractivity contribution in [3.8, 4) is 0 Å². The standard InChI is InChI=1S/C13H17FN2O/c14-11-2-1-10-8-15-9-13(12(10)7-11)16-3-5-17-6-4-16/h1-2,7,13,15H,3-6,8-9H2/p+2/t13-/m0/s1. The number of hydrogen-bond donors (Lipinski definition) is 2. The highest BCUT2D eigenvalue weighted by Crippen LogP contribution is 2.18. The first-order valence-electron chi connectivity index (χ1n) is 6.37. The first kappa shape index (κ1) is 11.1. The Kier molecular flexibility index (Phi) is 3.09. The van der Waals surface area contributed by atoms with E-state index in [2.05, 4.69) is 5.32 Å². The fraction of sp³-hybridized carbons (Fsp3) is 0.538. The summed E-state index contributed by atoms with van der Waals surface area (Å²) < 4.78 is 18.8. The van der Waals surface area contributed by atoms with Gasteiger partial charge in [0.1, 0.15) is 32.0 Å². The summed E-state index contributed by atoms with van der Waals surface area (Å²) in [5.41, 5.74) is 2.51. The molecule has 2 heterocycles. The molecule has 2 aliphatic heterocycles. The molecule has 3 rings (SSSR count). The molecule has 0 saturated carbocycles. The molecule has 0 amide bonds. The van der Waals surface area contributed by atoms with E-state index in [9.17, 15) is 4.39 Å². The molecule has 0 spiro atoms. The van der Waals surface area contributed by atoms with Crippen LogP contribution in [0.3, 0.4) is 0 Å². The minimum absolute atomic E-state index is 0.108. The average molecular weight is 238 g/mol. The molecule has 0 bridgehead atoms. The summed E-state index contributed by atoms with van der Waals surface area (Å²) in [5.74, 6) is -0.108. The highest BCUT2D eigenvalue weighted by atomic mass is 19.1. The second-order valence-electron chi connectivity index (χ2n) is 4.89. The molecule has 0 aromatic heterocycles. The van der Waals surface area contributed by atoms with Gasteiger partial charge >= 0.3 is 0 Å². The van der Waals surface area contributed by atoms with Crippen LogP contribution in [-0.4, -0.2) is 32.8 Å². The molecule has 1 saturated heterocycles. The molecule has 1 atom stereocenters. The number of quaternary nitrogens is 2. The number of nitrogens with one attached hydrogen (secondary N) is 1. The van der Waals surface area contributed by atoms with Gasteiger partial charge in [0.15, 0.2) is 6.04 Å². The van der Waals surface area contributed by atoms with E-state index in [4.69, 9.17) is 4.74 Å². The summed E-state index contributed by atoms with van der Waals surface area (Å²) in [6.45, 7) is 5.78. The predicted octanol–water partition coefficient (Wildman–Crippen LogP) is -1.14. The molecule has 3 N–H and O–H groups in total. The van der Waals surface area contributed by atoms with Gasteiger partial charge in [0.05, 0.1) is 13.2 Å². The summed E-state index contributed by atoms with van der Waals surface area (Å²) in [5, 5.41) is 2.33. The Morgan fingerprint density at radius 1 is 1.29 bits per heavy atom. The van der Waals surface area contributed by atoms with Gasteiger partial charge in [0, 0.05) is 11.1 Å². The summed E-state index contributed by atoms with van der Waals surface area (Å²) in [6, 6.07) is 5.67. The second kappa shape index (κ2) is 4.72. The normalized spacial score (nSPS) is 25.6. The van der Waals surface area contributed by atoms with Gasteiger partial charge in [-0.15, -0.1) is 0 Å². The molecule has 1 aromatic rings. The maximum Gasteiger partial charge on any atom is 0.163 e. The van der Waals surface area contributed by atoms with Gasteiger partial charge in [0.25, 0.3) is 0 Å². The molecule has 92 valence electrons. The van der Waals surface area contributed by atoms with Gasteiger partial charge in [-0.2, -0.15) is 0 Å². The fourth-order valence-corrected chi connectivity index (χ4v) is 2.98. The molecule has 0 radical (unpaired) electrons. The average Bonchev–Trinajstić information content (AvgIpc) is 2.39. The van der Waals surface area contributed by atoms with E-state index in [0.717, 1.165) is 39.4 Å². The molecule has 1 aromatic carbocycles. The second-order valence-corrected chi connectivity index (χ2v) is 4.89. The maximum atomic E-state index is 13.4. The smallest absolute Gasteiger partial charge is 0.163 e. The van der Waals surface area contributed by atoms with Crippen LogP contribution in [0.5, 0.6) is 0 Å². The number of ether oxygens (including phenoxy) is 1. The highest BCUT2D eigenvalue weighted by Gasteiger charge is 2.32. The molecule has 1 fully saturated rings. The number of halogens is 1. The minimum Gasteiger partial charge on any atom is -0.370 e. The Morgan fingerprint density at radius 2 is 2.12 bits per heavy atom. The third-order valence-corrected chi connectivity index (χ3v) is 3.88. The van der Waals surface area contributed by atoms with Crippen LogP contribution in [0.2, 0.25) is 0 Å². The maximum absolute atomic E-state index is 13.4. The third kappa shape index (κ3) is 2.20. The van der Waals surface area contributed by atoms with Gasteiger partial charge in [-0.3, -0.25) is 0 Å². The van der Waals surface area contributed by atoms with Crippen LogP contribution in [0.15, 0.2) is 18.2 Å². The molecule has 2 aliphatic rings. The molecule has 0 aliphatic carbocycles. The quantitative estimate of drug-likeness (QED) is 0.636. The zero-order valence-corrected chi connectivity index (χ0v) is 9.92. The van der Waals surface area contributed by atoms with Gasteiger partial charge in [-0.1, -0.05) is 0 Å². The van der Waals surface area contributed by atoms with Crippen molar-refractivity contribution in [2.24, 2.45) is 0 Å². The van der Waals surface area contributed by atoms with Crippen LogP contribution in [-0.2, 0) is 11.3 Å². The van der Waals surface area contributed by atoms with Crippen LogP contribution >= 0.6 is 0 Å². The van der Waals surface area contributed by atoms with E-state index in [1.54, 1.807) is 17.0 Å². The molecular weight excluding hydrogens is 219 g/mol. The number of benzene rings is 1. The molecular formula is C13H19FN2O+2. The largest absolute Gasteiger partial charge is 0.370 e. The lowest BCUT2D eigenvalue weighted by Crippen LogP contribution is -3.17. The Labute approximate surface area is 101 Å². The van der Waals surface area contributed by atoms with E-state index in [-0.39, 0.29) is 5.82 Å². The van der Waals surface area contributed by atoms with Gasteiger partial charge < -0.3 is 15.0 Å². The number of nitrogens with two attached hydrogens (primary N) is 1. The van der Waals surface area contributed by atoms with E-state index >= 15 is 0 Å². The van der Waals surface area contributed by atoms with Crippen molar-refractivity contribution in [2.75, 3.05) is 32.8 Å². The topological polar surface area (TPSA) is 30.3 Å².